The van der Waals surface area contributed by atoms with Crippen molar-refractivity contribution in [2.75, 3.05) is 19.7 Å². The minimum atomic E-state index is -4.58. The number of nitrogens with one attached hydrogen (secondary N) is 2. The molecule has 38 heavy (non-hydrogen) atoms. The number of carbonyl (C=O) groups is 2. The fraction of sp³-hybridized carbons (Fsp3) is 0.462. The molecule has 12 heteroatoms. The molecule has 8 nitrogen and oxygen atoms in total. The van der Waals surface area contributed by atoms with Crippen molar-refractivity contribution in [3.05, 3.63) is 41.3 Å². The van der Waals surface area contributed by atoms with Crippen LogP contribution in [0.25, 0.3) is 22.3 Å². The minimum Gasteiger partial charge on any atom is -0.493 e. The molecule has 1 aliphatic carbocycles. The van der Waals surface area contributed by atoms with Gasteiger partial charge in [0.1, 0.15) is 29.5 Å². The molecule has 0 unspecified atom stereocenters. The second-order valence-corrected chi connectivity index (χ2v) is 9.88. The number of carbonyl (C=O) groups excluding carboxylic acids is 2. The highest BCUT2D eigenvalue weighted by Crippen LogP contribution is 2.40. The predicted molar refractivity (Wildman–Crippen MR) is 130 cm³/mol. The van der Waals surface area contributed by atoms with E-state index < -0.39 is 29.9 Å². The molecule has 0 spiro atoms. The van der Waals surface area contributed by atoms with Crippen molar-refractivity contribution in [2.24, 2.45) is 5.92 Å². The molecule has 1 saturated carbocycles. The second kappa shape index (κ2) is 9.88. The Hall–Kier alpha value is -3.70. The van der Waals surface area contributed by atoms with Gasteiger partial charge in [-0.15, -0.1) is 0 Å². The first kappa shape index (κ1) is 25.9. The smallest absolute Gasteiger partial charge is 0.416 e. The Bertz CT molecular complexity index is 1390. The SMILES string of the molecule is CC(=O)N1CC[C@@H](NC(=O)c2c(C)[nH]c3c(-c4cc(C(F)(F)F)ccc4OCC4CC4)ncnc23)[C@H](F)C1. The normalized spacial score (nSPS) is 20.0. The molecule has 1 saturated heterocycles. The maximum atomic E-state index is 14.7. The molecule has 0 radical (unpaired) electrons. The number of aromatic amines is 1. The van der Waals surface area contributed by atoms with E-state index in [4.69, 9.17) is 4.74 Å². The van der Waals surface area contributed by atoms with Gasteiger partial charge in [-0.05, 0) is 50.3 Å². The molecule has 3 heterocycles. The van der Waals surface area contributed by atoms with Crippen LogP contribution in [0, 0.1) is 12.8 Å². The first-order valence-corrected chi connectivity index (χ1v) is 12.4. The molecule has 1 aromatic carbocycles. The number of hydrogen-bond donors (Lipinski definition) is 2. The zero-order chi connectivity index (χ0) is 27.2. The van der Waals surface area contributed by atoms with Crippen LogP contribution >= 0.6 is 0 Å². The molecule has 2 N–H and O–H groups in total. The van der Waals surface area contributed by atoms with E-state index in [0.29, 0.717) is 24.8 Å². The third-order valence-corrected chi connectivity index (χ3v) is 7.04. The van der Waals surface area contributed by atoms with E-state index in [1.807, 2.05) is 0 Å². The standard InChI is InChI=1S/C26H27F4N5O3/c1-13-21(25(37)34-19-7-8-35(14(2)36)10-18(19)27)23-24(33-13)22(31-12-32-23)17-9-16(26(28,29)30)5-6-20(17)38-11-15-3-4-15/h5-6,9,12,15,18-19,33H,3-4,7-8,10-11H2,1-2H3,(H,34,37)/t18-,19-/m1/s1. The van der Waals surface area contributed by atoms with E-state index >= 15 is 0 Å². The summed E-state index contributed by atoms with van der Waals surface area (Å²) in [6.07, 6.45) is -2.57. The van der Waals surface area contributed by atoms with Crippen molar-refractivity contribution in [2.45, 2.75) is 51.5 Å². The summed E-state index contributed by atoms with van der Waals surface area (Å²) in [5.74, 6) is -0.179. The maximum absolute atomic E-state index is 14.7. The Balaban J connectivity index is 1.49. The molecule has 1 aliphatic heterocycles. The molecule has 2 aliphatic rings. The number of likely N-dealkylation sites (tertiary alicyclic amines) is 1. The minimum absolute atomic E-state index is 0.112. The van der Waals surface area contributed by atoms with Gasteiger partial charge in [0.15, 0.2) is 0 Å². The number of ether oxygens (including phenoxy) is 1. The Morgan fingerprint density at radius 1 is 1.21 bits per heavy atom. The molecule has 2 aromatic heterocycles. The monoisotopic (exact) mass is 533 g/mol. The Kier molecular flexibility index (Phi) is 6.74. The molecular weight excluding hydrogens is 506 g/mol. The number of benzene rings is 1. The summed E-state index contributed by atoms with van der Waals surface area (Å²) in [6.45, 7) is 3.59. The van der Waals surface area contributed by atoms with Crippen molar-refractivity contribution in [1.29, 1.82) is 0 Å². The van der Waals surface area contributed by atoms with Crippen LogP contribution in [-0.2, 0) is 11.0 Å². The number of piperidine rings is 1. The van der Waals surface area contributed by atoms with Crippen molar-refractivity contribution < 1.29 is 31.9 Å². The summed E-state index contributed by atoms with van der Waals surface area (Å²) in [7, 11) is 0. The largest absolute Gasteiger partial charge is 0.493 e. The lowest BCUT2D eigenvalue weighted by Crippen LogP contribution is -2.53. The number of alkyl halides is 4. The topological polar surface area (TPSA) is 100 Å². The lowest BCUT2D eigenvalue weighted by atomic mass is 10.0. The van der Waals surface area contributed by atoms with Gasteiger partial charge in [0.2, 0.25) is 5.91 Å². The molecule has 3 aromatic rings. The number of aromatic nitrogens is 3. The van der Waals surface area contributed by atoms with Crippen LogP contribution < -0.4 is 10.1 Å². The highest BCUT2D eigenvalue weighted by Gasteiger charge is 2.34. The van der Waals surface area contributed by atoms with Crippen LogP contribution in [0.2, 0.25) is 0 Å². The zero-order valence-electron chi connectivity index (χ0n) is 20.9. The van der Waals surface area contributed by atoms with Crippen LogP contribution in [0.1, 0.15) is 47.8 Å². The van der Waals surface area contributed by atoms with Crippen molar-refractivity contribution in [3.63, 3.8) is 0 Å². The quantitative estimate of drug-likeness (QED) is 0.457. The average Bonchev–Trinajstić information content (AvgIpc) is 3.62. The van der Waals surface area contributed by atoms with Crippen LogP contribution in [0.3, 0.4) is 0 Å². The molecule has 0 bridgehead atoms. The third kappa shape index (κ3) is 5.16. The molecule has 2 atom stereocenters. The lowest BCUT2D eigenvalue weighted by Gasteiger charge is -2.34. The predicted octanol–water partition coefficient (Wildman–Crippen LogP) is 4.43. The average molecular weight is 534 g/mol. The van der Waals surface area contributed by atoms with Gasteiger partial charge in [-0.3, -0.25) is 9.59 Å². The Labute approximate surface area is 215 Å². The van der Waals surface area contributed by atoms with E-state index in [1.165, 1.54) is 24.2 Å². The number of amides is 2. The molecule has 2 fully saturated rings. The van der Waals surface area contributed by atoms with Gasteiger partial charge in [0, 0.05) is 24.7 Å². The number of aryl methyl sites for hydroxylation is 1. The summed E-state index contributed by atoms with van der Waals surface area (Å²) in [5.41, 5.74) is 0.459. The number of nitrogens with zero attached hydrogens (tertiary/aromatic N) is 3. The summed E-state index contributed by atoms with van der Waals surface area (Å²) in [6, 6.07) is 2.44. The molecule has 202 valence electrons. The first-order valence-electron chi connectivity index (χ1n) is 12.4. The van der Waals surface area contributed by atoms with Crippen molar-refractivity contribution >= 4 is 22.8 Å². The van der Waals surface area contributed by atoms with Crippen LogP contribution in [0.15, 0.2) is 24.5 Å². The first-order chi connectivity index (χ1) is 18.0. The fourth-order valence-corrected chi connectivity index (χ4v) is 4.71. The van der Waals surface area contributed by atoms with Crippen molar-refractivity contribution in [1.82, 2.24) is 25.2 Å². The summed E-state index contributed by atoms with van der Waals surface area (Å²) in [4.78, 5) is 37.7. The van der Waals surface area contributed by atoms with E-state index in [1.54, 1.807) is 6.92 Å². The zero-order valence-corrected chi connectivity index (χ0v) is 20.9. The van der Waals surface area contributed by atoms with Crippen LogP contribution in [-0.4, -0.2) is 63.6 Å². The Morgan fingerprint density at radius 2 is 1.97 bits per heavy atom. The van der Waals surface area contributed by atoms with E-state index in [2.05, 4.69) is 20.3 Å². The highest BCUT2D eigenvalue weighted by atomic mass is 19.4. The number of fused-ring (bicyclic) bond motifs is 1. The summed E-state index contributed by atoms with van der Waals surface area (Å²) in [5, 5.41) is 2.70. The maximum Gasteiger partial charge on any atom is 0.416 e. The van der Waals surface area contributed by atoms with Crippen LogP contribution in [0.4, 0.5) is 17.6 Å². The van der Waals surface area contributed by atoms with Crippen LogP contribution in [0.5, 0.6) is 5.75 Å². The Morgan fingerprint density at radius 3 is 2.63 bits per heavy atom. The lowest BCUT2D eigenvalue weighted by molar-refractivity contribution is -0.137. The molecule has 2 amide bonds. The molecular formula is C26H27F4N5O3. The van der Waals surface area contributed by atoms with Gasteiger partial charge in [-0.1, -0.05) is 0 Å². The summed E-state index contributed by atoms with van der Waals surface area (Å²) < 4.78 is 61.3. The van der Waals surface area contributed by atoms with E-state index in [-0.39, 0.29) is 52.5 Å². The molecule has 5 rings (SSSR count). The van der Waals surface area contributed by atoms with Gasteiger partial charge in [-0.2, -0.15) is 13.2 Å². The number of hydrogen-bond acceptors (Lipinski definition) is 5. The van der Waals surface area contributed by atoms with Crippen molar-refractivity contribution in [3.8, 4) is 17.0 Å². The fourth-order valence-electron chi connectivity index (χ4n) is 4.71. The van der Waals surface area contributed by atoms with E-state index in [9.17, 15) is 27.2 Å². The van der Waals surface area contributed by atoms with Gasteiger partial charge in [0.05, 0.1) is 35.8 Å². The third-order valence-electron chi connectivity index (χ3n) is 7.04. The summed E-state index contributed by atoms with van der Waals surface area (Å²) >= 11 is 0. The number of H-pyrrole nitrogens is 1. The van der Waals surface area contributed by atoms with Gasteiger partial charge < -0.3 is 19.9 Å². The number of rotatable bonds is 6. The van der Waals surface area contributed by atoms with Gasteiger partial charge >= 0.3 is 6.18 Å². The van der Waals surface area contributed by atoms with Gasteiger partial charge in [0.25, 0.3) is 5.91 Å². The number of halogens is 4. The van der Waals surface area contributed by atoms with Gasteiger partial charge in [-0.25, -0.2) is 14.4 Å². The second-order valence-electron chi connectivity index (χ2n) is 9.88. The highest BCUT2D eigenvalue weighted by molar-refractivity contribution is 6.09. The van der Waals surface area contributed by atoms with E-state index in [0.717, 1.165) is 25.0 Å².